The molecule has 2 amide bonds. The molecule has 0 bridgehead atoms. The van der Waals surface area contributed by atoms with E-state index < -0.39 is 70.9 Å². The van der Waals surface area contributed by atoms with Crippen molar-refractivity contribution in [2.24, 2.45) is 0 Å². The summed E-state index contributed by atoms with van der Waals surface area (Å²) >= 11 is 0. The molecule has 0 aromatic rings. The predicted octanol–water partition coefficient (Wildman–Crippen LogP) is 11.8. The third-order valence-electron chi connectivity index (χ3n) is 13.0. The van der Waals surface area contributed by atoms with Crippen LogP contribution in [0, 0.1) is 0 Å². The van der Waals surface area contributed by atoms with Crippen molar-refractivity contribution in [3.05, 3.63) is 36.3 Å². The highest BCUT2D eigenvalue weighted by atomic mass is 31.2. The Morgan fingerprint density at radius 3 is 1.01 bits per heavy atom. The molecular weight excluding hydrogens is 1600 g/mol. The number of esters is 2. The van der Waals surface area contributed by atoms with E-state index in [4.69, 9.17) is 23.3 Å². The molecule has 0 heterocycles. The van der Waals surface area contributed by atoms with Gasteiger partial charge in [0.25, 0.3) is 0 Å². The summed E-state index contributed by atoms with van der Waals surface area (Å²) in [6.45, 7) is 5.20. The van der Waals surface area contributed by atoms with Gasteiger partial charge in [-0.1, -0.05) is 219 Å². The molecule has 2 atom stereocenters. The number of hydrogen-bond donors (Lipinski definition) is 3. The molecule has 0 aromatic carbocycles. The second kappa shape index (κ2) is 91.0. The van der Waals surface area contributed by atoms with Crippen molar-refractivity contribution in [3.63, 3.8) is 0 Å². The third-order valence-corrected chi connectivity index (χ3v) is 14.0. The Morgan fingerprint density at radius 2 is 0.673 bits per heavy atom. The van der Waals surface area contributed by atoms with Crippen LogP contribution in [0.2, 0.25) is 0 Å². The molecule has 0 fully saturated rings. The average Bonchev–Trinajstić information content (AvgIpc) is 0.907. The lowest BCUT2D eigenvalue weighted by Gasteiger charge is -2.20. The number of allylic oxidation sites excluding steroid dienone is 3. The van der Waals surface area contributed by atoms with Crippen LogP contribution >= 0.6 is 7.82 Å². The summed E-state index contributed by atoms with van der Waals surface area (Å²) in [4.78, 5) is 68.1. The number of hydrogen-bond acceptors (Lipinski definition) is 54. The average molecular weight is 1700 g/mol. The second-order valence-electron chi connectivity index (χ2n) is 21.5. The molecule has 1 unspecified atom stereocenters. The molecule has 666 valence electrons. The number of ether oxygens (including phenoxy) is 3. The van der Waals surface area contributed by atoms with Crippen LogP contribution in [0.1, 0.15) is 246 Å². The van der Waals surface area contributed by atoms with E-state index in [2.05, 4.69) is 246 Å². The van der Waals surface area contributed by atoms with E-state index in [1.54, 1.807) is 26.0 Å². The normalized spacial score (nSPS) is 12.7. The van der Waals surface area contributed by atoms with Gasteiger partial charge in [0, 0.05) is 203 Å². The molecule has 3 N–H and O–H groups in total. The van der Waals surface area contributed by atoms with E-state index in [0.29, 0.717) is 18.4 Å². The third kappa shape index (κ3) is 90.9. The highest BCUT2D eigenvalue weighted by Crippen LogP contribution is 2.43. The van der Waals surface area contributed by atoms with Crippen LogP contribution in [0.5, 0.6) is 0 Å². The maximum absolute atomic E-state index is 12.9. The fourth-order valence-corrected chi connectivity index (χ4v) is 9.00. The maximum atomic E-state index is 12.9. The number of carbonyl (C=O) groups excluding carboxylic acids is 4. The molecule has 113 heavy (non-hydrogen) atoms. The van der Waals surface area contributed by atoms with Crippen LogP contribution in [-0.2, 0) is 264 Å². The van der Waals surface area contributed by atoms with Crippen LogP contribution in [0.15, 0.2) is 36.3 Å². The number of nitrogens with one attached hydrogen (secondary N) is 2. The van der Waals surface area contributed by atoms with Crippen LogP contribution in [-0.4, -0.2) is 74.5 Å². The van der Waals surface area contributed by atoms with Gasteiger partial charge in [0.15, 0.2) is 6.10 Å². The van der Waals surface area contributed by atoms with Crippen molar-refractivity contribution in [1.29, 1.82) is 0 Å². The zero-order valence-corrected chi connectivity index (χ0v) is 63.1. The molecule has 0 aliphatic carbocycles. The Balaban J connectivity index is 3.85. The minimum Gasteiger partial charge on any atom is -0.462 e. The number of phosphoric acid groups is 1. The summed E-state index contributed by atoms with van der Waals surface area (Å²) in [5.74, 6) is -1.52. The quantitative estimate of drug-likeness (QED) is 0.00586. The largest absolute Gasteiger partial charge is 0.472 e. The summed E-state index contributed by atoms with van der Waals surface area (Å²) in [7, 11) is -4.77. The van der Waals surface area contributed by atoms with Crippen molar-refractivity contribution < 1.29 is 273 Å². The SMILES string of the molecule is C/C=C/C(C)=C/C(=O)N/C=C\OOOOOOOOOOOOOOOOOOOOOOOOOOOOOOOOOOOOOOOOOOOOCCOC(=O)NCCOP(=O)(O)OC[C@@H](COC(=O)CCCCCCCCCCCCCCCCCCC)OC(=O)CCCCCCCCCCCCCCCCC. The smallest absolute Gasteiger partial charge is 0.462 e. The van der Waals surface area contributed by atoms with E-state index in [-0.39, 0.29) is 19.4 Å². The Kier molecular flexibility index (Phi) is 87.0. The number of carbonyl (C=O) groups is 4. The van der Waals surface area contributed by atoms with Gasteiger partial charge in [-0.25, -0.2) is 14.2 Å². The molecule has 0 aliphatic heterocycles. The van der Waals surface area contributed by atoms with Gasteiger partial charge >= 0.3 is 25.9 Å². The van der Waals surface area contributed by atoms with Gasteiger partial charge in [-0.15, -0.1) is 0 Å². The zero-order chi connectivity index (χ0) is 81.8. The van der Waals surface area contributed by atoms with Gasteiger partial charge in [-0.3, -0.25) is 23.4 Å². The zero-order valence-electron chi connectivity index (χ0n) is 62.2. The Hall–Kier alpha value is -4.91. The van der Waals surface area contributed by atoms with Gasteiger partial charge in [0.1, 0.15) is 26.1 Å². The van der Waals surface area contributed by atoms with Crippen LogP contribution in [0.4, 0.5) is 4.79 Å². The molecule has 57 nitrogen and oxygen atoms in total. The first-order valence-electron chi connectivity index (χ1n) is 34.9. The van der Waals surface area contributed by atoms with Gasteiger partial charge in [-0.05, 0) is 72.6 Å². The standard InChI is InChI=1S/C55H101N2O55P/c1-5-8-10-12-14-16-18-20-22-23-25-26-28-30-32-34-36-39-53(59)65-48-51(70-54(60)40-37-35-33-31-29-27-24-21-19-17-15-13-11-9-6-2)49-69-113(62,63)68-44-42-57-55(61)64-45-46-67-72-74-76-78-80-82-84-86-88-90-92-94-96-98-100-102-104-106-108-110-112-111-109-107-105-103-101-99-97-95-93-91-89-87-85-83-81-79-77-75-73-71-66-43-41-56-52(58)47-50(4)38-7-3/h7,38,41,43,47,51H,5-6,8-37,39-40,42,44-46,48-49H2,1-4H3,(H,56,58)(H,57,61)(H,62,63)/b38-7+,43-41-,50-47+/t51-/m1/s1. The molecule has 0 aromatic heterocycles. The van der Waals surface area contributed by atoms with Gasteiger partial charge in [0.05, 0.1) is 13.2 Å². The summed E-state index contributed by atoms with van der Waals surface area (Å²) in [5, 5.41) is 157. The maximum Gasteiger partial charge on any atom is 0.472 e. The second-order valence-corrected chi connectivity index (χ2v) is 23.0. The van der Waals surface area contributed by atoms with Crippen molar-refractivity contribution in [3.8, 4) is 0 Å². The summed E-state index contributed by atoms with van der Waals surface area (Å²) in [5.41, 5.74) is 0.697. The minimum absolute atomic E-state index is 0.107. The number of alkyl carbamates (subject to hydrolysis) is 1. The Morgan fingerprint density at radius 1 is 0.363 bits per heavy atom. The topological polar surface area (TPSA) is 582 Å². The van der Waals surface area contributed by atoms with Crippen LogP contribution in [0.3, 0.4) is 0 Å². The summed E-state index contributed by atoms with van der Waals surface area (Å²) < 4.78 is 38.5. The highest BCUT2D eigenvalue weighted by Gasteiger charge is 2.26. The van der Waals surface area contributed by atoms with Gasteiger partial charge in [-0.2, -0.15) is 0 Å². The highest BCUT2D eigenvalue weighted by molar-refractivity contribution is 7.47. The fourth-order valence-electron chi connectivity index (χ4n) is 8.25. The predicted molar refractivity (Wildman–Crippen MR) is 329 cm³/mol. The van der Waals surface area contributed by atoms with E-state index in [9.17, 15) is 28.6 Å². The van der Waals surface area contributed by atoms with Crippen molar-refractivity contribution in [2.75, 3.05) is 39.6 Å². The summed E-state index contributed by atoms with van der Waals surface area (Å²) in [6, 6.07) is 0. The Bertz CT molecular complexity index is 2200. The van der Waals surface area contributed by atoms with Gasteiger partial charge in [0.2, 0.25) is 5.91 Å². The van der Waals surface area contributed by atoms with Crippen molar-refractivity contribution in [1.82, 2.24) is 10.6 Å². The lowest BCUT2D eigenvalue weighted by molar-refractivity contribution is -0.909. The molecule has 0 radical (unpaired) electrons. The Labute approximate surface area is 642 Å². The van der Waals surface area contributed by atoms with Crippen LogP contribution in [0.25, 0.3) is 0 Å². The van der Waals surface area contributed by atoms with E-state index in [1.165, 1.54) is 154 Å². The first-order valence-corrected chi connectivity index (χ1v) is 36.4. The molecule has 0 saturated carbocycles. The molecular formula is C55H101N2O55P. The van der Waals surface area contributed by atoms with E-state index in [1.807, 2.05) is 0 Å². The molecule has 0 aliphatic rings. The minimum atomic E-state index is -4.77. The number of unbranched alkanes of at least 4 members (excludes halogenated alkanes) is 30. The molecule has 0 rings (SSSR count). The van der Waals surface area contributed by atoms with E-state index in [0.717, 1.165) is 57.4 Å². The first-order chi connectivity index (χ1) is 55.5. The lowest BCUT2D eigenvalue weighted by Crippen LogP contribution is -2.30. The first kappa shape index (κ1) is 108. The van der Waals surface area contributed by atoms with Crippen molar-refractivity contribution in [2.45, 2.75) is 252 Å². The molecule has 58 heteroatoms. The van der Waals surface area contributed by atoms with Crippen LogP contribution < -0.4 is 10.6 Å². The monoisotopic (exact) mass is 1700 g/mol. The molecule has 0 saturated heterocycles. The number of phosphoric ester groups is 1. The fraction of sp³-hybridized carbons (Fsp3) is 0.818. The van der Waals surface area contributed by atoms with Crippen molar-refractivity contribution >= 4 is 31.8 Å². The lowest BCUT2D eigenvalue weighted by atomic mass is 10.0. The number of amides is 2. The molecule has 0 spiro atoms. The van der Waals surface area contributed by atoms with Gasteiger partial charge < -0.3 is 34.6 Å². The summed E-state index contributed by atoms with van der Waals surface area (Å²) in [6.07, 6.45) is 42.8. The van der Waals surface area contributed by atoms with E-state index >= 15 is 0 Å². The number of rotatable bonds is 94.